The van der Waals surface area contributed by atoms with Gasteiger partial charge in [-0.15, -0.1) is 0 Å². The Bertz CT molecular complexity index is 494. The van der Waals surface area contributed by atoms with Crippen molar-refractivity contribution in [1.82, 2.24) is 0 Å². The molecule has 0 aromatic heterocycles. The molecule has 0 aliphatic carbocycles. The molecule has 4 nitrogen and oxygen atoms in total. The van der Waals surface area contributed by atoms with Gasteiger partial charge in [0.15, 0.2) is 0 Å². The molecule has 0 bridgehead atoms. The summed E-state index contributed by atoms with van der Waals surface area (Å²) in [6.07, 6.45) is 8.49. The first-order valence-electron chi connectivity index (χ1n) is 8.66. The molecule has 126 valence electrons. The summed E-state index contributed by atoms with van der Waals surface area (Å²) in [5.74, 6) is 0.741. The fourth-order valence-electron chi connectivity index (χ4n) is 2.29. The van der Waals surface area contributed by atoms with E-state index in [4.69, 9.17) is 10.00 Å². The molecule has 4 heteroatoms. The van der Waals surface area contributed by atoms with Gasteiger partial charge in [-0.1, -0.05) is 44.7 Å². The van der Waals surface area contributed by atoms with Crippen molar-refractivity contribution >= 4 is 11.6 Å². The number of hydrogen-bond donors (Lipinski definition) is 1. The standard InChI is InChI=1S/C19H28N2O2/c1-2-3-4-5-7-14-19(22)21-17-12-8-9-13-18(17)23-16-11-6-10-15-20/h8-9,12-13H,2-7,10-11,14,16H2,1H3,(H,21,22). The summed E-state index contributed by atoms with van der Waals surface area (Å²) >= 11 is 0. The Kier molecular flexibility index (Phi) is 10.4. The Morgan fingerprint density at radius 2 is 1.91 bits per heavy atom. The van der Waals surface area contributed by atoms with E-state index in [0.29, 0.717) is 25.2 Å². The van der Waals surface area contributed by atoms with Crippen LogP contribution in [0.25, 0.3) is 0 Å². The number of anilines is 1. The third-order valence-electron chi connectivity index (χ3n) is 3.61. The van der Waals surface area contributed by atoms with Gasteiger partial charge in [0.1, 0.15) is 5.75 Å². The van der Waals surface area contributed by atoms with E-state index < -0.39 is 0 Å². The van der Waals surface area contributed by atoms with Gasteiger partial charge in [-0.25, -0.2) is 0 Å². The molecule has 1 N–H and O–H groups in total. The second-order valence-electron chi connectivity index (χ2n) is 5.67. The van der Waals surface area contributed by atoms with Gasteiger partial charge in [0.25, 0.3) is 0 Å². The van der Waals surface area contributed by atoms with E-state index in [1.54, 1.807) is 0 Å². The van der Waals surface area contributed by atoms with Crippen molar-refractivity contribution in [3.05, 3.63) is 24.3 Å². The molecule has 1 amide bonds. The van der Waals surface area contributed by atoms with Crippen molar-refractivity contribution in [3.8, 4) is 11.8 Å². The number of para-hydroxylation sites is 2. The Labute approximate surface area is 139 Å². The van der Waals surface area contributed by atoms with E-state index in [9.17, 15) is 4.79 Å². The molecular formula is C19H28N2O2. The lowest BCUT2D eigenvalue weighted by Gasteiger charge is -2.12. The van der Waals surface area contributed by atoms with Crippen LogP contribution in [0.2, 0.25) is 0 Å². The molecule has 0 heterocycles. The van der Waals surface area contributed by atoms with Gasteiger partial charge in [0, 0.05) is 12.8 Å². The molecule has 1 aromatic rings. The number of benzene rings is 1. The van der Waals surface area contributed by atoms with Crippen molar-refractivity contribution in [1.29, 1.82) is 5.26 Å². The van der Waals surface area contributed by atoms with E-state index in [1.807, 2.05) is 24.3 Å². The number of carbonyl (C=O) groups excluding carboxylic acids is 1. The molecule has 0 unspecified atom stereocenters. The Morgan fingerprint density at radius 1 is 1.13 bits per heavy atom. The van der Waals surface area contributed by atoms with Crippen LogP contribution in [0.4, 0.5) is 5.69 Å². The van der Waals surface area contributed by atoms with Crippen molar-refractivity contribution in [2.75, 3.05) is 11.9 Å². The highest BCUT2D eigenvalue weighted by molar-refractivity contribution is 5.92. The van der Waals surface area contributed by atoms with E-state index >= 15 is 0 Å². The average Bonchev–Trinajstić information content (AvgIpc) is 2.56. The molecule has 0 saturated heterocycles. The number of hydrogen-bond acceptors (Lipinski definition) is 3. The summed E-state index contributed by atoms with van der Waals surface area (Å²) in [7, 11) is 0. The molecule has 23 heavy (non-hydrogen) atoms. The number of nitrogens with zero attached hydrogens (tertiary/aromatic N) is 1. The predicted octanol–water partition coefficient (Wildman–Crippen LogP) is 5.06. The fraction of sp³-hybridized carbons (Fsp3) is 0.579. The summed E-state index contributed by atoms with van der Waals surface area (Å²) < 4.78 is 5.72. The highest BCUT2D eigenvalue weighted by Gasteiger charge is 2.07. The second kappa shape index (κ2) is 12.5. The van der Waals surface area contributed by atoms with Crippen LogP contribution >= 0.6 is 0 Å². The third kappa shape index (κ3) is 8.87. The van der Waals surface area contributed by atoms with Gasteiger partial charge in [0.05, 0.1) is 18.4 Å². The monoisotopic (exact) mass is 316 g/mol. The zero-order valence-corrected chi connectivity index (χ0v) is 14.1. The highest BCUT2D eigenvalue weighted by Crippen LogP contribution is 2.24. The normalized spacial score (nSPS) is 10.1. The Morgan fingerprint density at radius 3 is 2.70 bits per heavy atom. The van der Waals surface area contributed by atoms with Gasteiger partial charge in [-0.05, 0) is 31.4 Å². The molecule has 0 saturated carbocycles. The highest BCUT2D eigenvalue weighted by atomic mass is 16.5. The zero-order valence-electron chi connectivity index (χ0n) is 14.1. The molecule has 1 rings (SSSR count). The first-order chi connectivity index (χ1) is 11.3. The van der Waals surface area contributed by atoms with Gasteiger partial charge in [-0.2, -0.15) is 5.26 Å². The predicted molar refractivity (Wildman–Crippen MR) is 93.4 cm³/mol. The van der Waals surface area contributed by atoms with Crippen LogP contribution in [0.15, 0.2) is 24.3 Å². The minimum atomic E-state index is 0.0435. The number of nitrogens with one attached hydrogen (secondary N) is 1. The first kappa shape index (κ1) is 19.0. The molecule has 0 aliphatic heterocycles. The summed E-state index contributed by atoms with van der Waals surface area (Å²) in [4.78, 5) is 12.0. The molecule has 0 fully saturated rings. The van der Waals surface area contributed by atoms with Gasteiger partial charge >= 0.3 is 0 Å². The average molecular weight is 316 g/mol. The number of rotatable bonds is 12. The maximum absolute atomic E-state index is 12.0. The lowest BCUT2D eigenvalue weighted by molar-refractivity contribution is -0.116. The van der Waals surface area contributed by atoms with E-state index in [1.165, 1.54) is 19.3 Å². The smallest absolute Gasteiger partial charge is 0.224 e. The molecule has 0 aliphatic rings. The number of unbranched alkanes of at least 4 members (excludes halogenated alkanes) is 6. The van der Waals surface area contributed by atoms with E-state index in [-0.39, 0.29) is 5.91 Å². The third-order valence-corrected chi connectivity index (χ3v) is 3.61. The minimum Gasteiger partial charge on any atom is -0.491 e. The van der Waals surface area contributed by atoms with Crippen molar-refractivity contribution in [2.45, 2.75) is 64.7 Å². The van der Waals surface area contributed by atoms with Crippen LogP contribution < -0.4 is 10.1 Å². The van der Waals surface area contributed by atoms with Crippen LogP contribution in [0, 0.1) is 11.3 Å². The maximum Gasteiger partial charge on any atom is 0.224 e. The quantitative estimate of drug-likeness (QED) is 0.548. The Balaban J connectivity index is 2.34. The van der Waals surface area contributed by atoms with Crippen LogP contribution in [-0.2, 0) is 4.79 Å². The summed E-state index contributed by atoms with van der Waals surface area (Å²) in [6.45, 7) is 2.75. The second-order valence-corrected chi connectivity index (χ2v) is 5.67. The topological polar surface area (TPSA) is 62.1 Å². The molecule has 0 spiro atoms. The van der Waals surface area contributed by atoms with Gasteiger partial charge < -0.3 is 10.1 Å². The van der Waals surface area contributed by atoms with Crippen molar-refractivity contribution in [2.24, 2.45) is 0 Å². The SMILES string of the molecule is CCCCCCCC(=O)Nc1ccccc1OCCCCC#N. The Hall–Kier alpha value is -2.02. The molecule has 0 atom stereocenters. The van der Waals surface area contributed by atoms with E-state index in [2.05, 4.69) is 18.3 Å². The lowest BCUT2D eigenvalue weighted by Crippen LogP contribution is -2.12. The maximum atomic E-state index is 12.0. The van der Waals surface area contributed by atoms with Crippen LogP contribution in [0.1, 0.15) is 64.7 Å². The minimum absolute atomic E-state index is 0.0435. The van der Waals surface area contributed by atoms with Crippen molar-refractivity contribution < 1.29 is 9.53 Å². The number of ether oxygens (including phenoxy) is 1. The van der Waals surface area contributed by atoms with Gasteiger partial charge in [0.2, 0.25) is 5.91 Å². The number of carbonyl (C=O) groups is 1. The first-order valence-corrected chi connectivity index (χ1v) is 8.66. The molecular weight excluding hydrogens is 288 g/mol. The number of amides is 1. The van der Waals surface area contributed by atoms with Gasteiger partial charge in [-0.3, -0.25) is 4.79 Å². The molecule has 0 radical (unpaired) electrons. The summed E-state index contributed by atoms with van der Waals surface area (Å²) in [5.41, 5.74) is 0.728. The van der Waals surface area contributed by atoms with Crippen molar-refractivity contribution in [3.63, 3.8) is 0 Å². The number of nitriles is 1. The zero-order chi connectivity index (χ0) is 16.8. The van der Waals surface area contributed by atoms with Crippen LogP contribution in [0.5, 0.6) is 5.75 Å². The van der Waals surface area contributed by atoms with Crippen LogP contribution in [0.3, 0.4) is 0 Å². The van der Waals surface area contributed by atoms with Crippen LogP contribution in [-0.4, -0.2) is 12.5 Å². The molecule has 1 aromatic carbocycles. The lowest BCUT2D eigenvalue weighted by atomic mass is 10.1. The van der Waals surface area contributed by atoms with E-state index in [0.717, 1.165) is 31.4 Å². The summed E-state index contributed by atoms with van der Waals surface area (Å²) in [5, 5.41) is 11.4. The summed E-state index contributed by atoms with van der Waals surface area (Å²) in [6, 6.07) is 9.63. The largest absolute Gasteiger partial charge is 0.491 e. The fourth-order valence-corrected chi connectivity index (χ4v) is 2.29.